The Balaban J connectivity index is 1.70. The first kappa shape index (κ1) is 19.1. The molecule has 1 aliphatic heterocycles. The van der Waals surface area contributed by atoms with Gasteiger partial charge < -0.3 is 20.7 Å². The van der Waals surface area contributed by atoms with Crippen molar-refractivity contribution >= 4 is 17.3 Å². The van der Waals surface area contributed by atoms with E-state index in [1.807, 2.05) is 18.2 Å². The summed E-state index contributed by atoms with van der Waals surface area (Å²) in [6.07, 6.45) is 0. The number of nitrogens with one attached hydrogen (secondary N) is 1. The molecule has 0 aliphatic carbocycles. The van der Waals surface area contributed by atoms with Crippen molar-refractivity contribution in [2.45, 2.75) is 6.54 Å². The van der Waals surface area contributed by atoms with Gasteiger partial charge in [-0.2, -0.15) is 0 Å². The van der Waals surface area contributed by atoms with Crippen LogP contribution in [-0.4, -0.2) is 56.0 Å². The zero-order valence-corrected chi connectivity index (χ0v) is 15.7. The van der Waals surface area contributed by atoms with Crippen LogP contribution in [0, 0.1) is 5.82 Å². The largest absolute Gasteiger partial charge is 0.495 e. The van der Waals surface area contributed by atoms with Crippen molar-refractivity contribution in [3.63, 3.8) is 0 Å². The molecule has 3 N–H and O–H groups in total. The zero-order valence-electron chi connectivity index (χ0n) is 15.7. The third-order valence-electron chi connectivity index (χ3n) is 4.75. The molecule has 0 bridgehead atoms. The molecule has 1 aliphatic rings. The zero-order chi connectivity index (χ0) is 19.4. The number of hydrogen-bond acceptors (Lipinski definition) is 5. The maximum atomic E-state index is 14.1. The topological polar surface area (TPSA) is 70.8 Å². The van der Waals surface area contributed by atoms with Crippen molar-refractivity contribution in [2.24, 2.45) is 0 Å². The van der Waals surface area contributed by atoms with E-state index in [0.29, 0.717) is 5.69 Å². The van der Waals surface area contributed by atoms with Crippen LogP contribution in [0.15, 0.2) is 36.4 Å². The Morgan fingerprint density at radius 3 is 2.67 bits per heavy atom. The number of amides is 1. The minimum atomic E-state index is -0.681. The van der Waals surface area contributed by atoms with Crippen LogP contribution in [0.25, 0.3) is 0 Å². The summed E-state index contributed by atoms with van der Waals surface area (Å²) in [5.41, 5.74) is 7.44. The molecule has 3 rings (SSSR count). The van der Waals surface area contributed by atoms with E-state index in [4.69, 9.17) is 10.5 Å². The second-order valence-electron chi connectivity index (χ2n) is 6.81. The van der Waals surface area contributed by atoms with Crippen LogP contribution in [0.1, 0.15) is 15.9 Å². The minimum absolute atomic E-state index is 0.106. The number of methoxy groups -OCH3 is 1. The first-order chi connectivity index (χ1) is 13.0. The molecule has 0 atom stereocenters. The van der Waals surface area contributed by atoms with E-state index in [9.17, 15) is 9.18 Å². The van der Waals surface area contributed by atoms with Gasteiger partial charge in [0, 0.05) is 44.5 Å². The molecule has 0 spiro atoms. The van der Waals surface area contributed by atoms with Crippen LogP contribution in [0.5, 0.6) is 5.75 Å². The lowest BCUT2D eigenvalue weighted by atomic mass is 10.1. The van der Waals surface area contributed by atoms with Crippen molar-refractivity contribution in [1.29, 1.82) is 0 Å². The van der Waals surface area contributed by atoms with Crippen molar-refractivity contribution in [3.8, 4) is 5.75 Å². The van der Waals surface area contributed by atoms with Crippen LogP contribution >= 0.6 is 0 Å². The Labute approximate surface area is 158 Å². The molecule has 27 heavy (non-hydrogen) atoms. The molecule has 1 amide bonds. The maximum Gasteiger partial charge on any atom is 0.258 e. The van der Waals surface area contributed by atoms with Gasteiger partial charge in [0.2, 0.25) is 0 Å². The summed E-state index contributed by atoms with van der Waals surface area (Å²) in [6.45, 7) is 4.96. The van der Waals surface area contributed by atoms with E-state index < -0.39 is 11.7 Å². The SMILES string of the molecule is COc1cc(C(=O)Nc2cccc(CN3CCN(C)CC3)c2)c(F)cc1N. The van der Waals surface area contributed by atoms with E-state index in [1.54, 1.807) is 6.07 Å². The second-order valence-corrected chi connectivity index (χ2v) is 6.81. The van der Waals surface area contributed by atoms with Crippen LogP contribution < -0.4 is 15.8 Å². The number of carbonyl (C=O) groups excluding carboxylic acids is 1. The van der Waals surface area contributed by atoms with Gasteiger partial charge in [-0.05, 0) is 30.8 Å². The van der Waals surface area contributed by atoms with E-state index in [2.05, 4.69) is 22.2 Å². The number of piperazine rings is 1. The molecule has 1 fully saturated rings. The molecule has 0 unspecified atom stereocenters. The van der Waals surface area contributed by atoms with Gasteiger partial charge in [-0.3, -0.25) is 9.69 Å². The lowest BCUT2D eigenvalue weighted by Gasteiger charge is -2.32. The highest BCUT2D eigenvalue weighted by Crippen LogP contribution is 2.25. The summed E-state index contributed by atoms with van der Waals surface area (Å²) < 4.78 is 19.2. The van der Waals surface area contributed by atoms with Gasteiger partial charge in [0.1, 0.15) is 11.6 Å². The number of rotatable bonds is 5. The Hall–Kier alpha value is -2.64. The van der Waals surface area contributed by atoms with Crippen molar-refractivity contribution < 1.29 is 13.9 Å². The van der Waals surface area contributed by atoms with Crippen LogP contribution in [0.2, 0.25) is 0 Å². The Bertz CT molecular complexity index is 820. The molecule has 1 heterocycles. The van der Waals surface area contributed by atoms with E-state index >= 15 is 0 Å². The molecule has 2 aromatic rings. The predicted octanol–water partition coefficient (Wildman–Crippen LogP) is 2.42. The Morgan fingerprint density at radius 2 is 1.96 bits per heavy atom. The highest BCUT2D eigenvalue weighted by atomic mass is 19.1. The van der Waals surface area contributed by atoms with Gasteiger partial charge >= 0.3 is 0 Å². The molecule has 6 nitrogen and oxygen atoms in total. The number of anilines is 2. The van der Waals surface area contributed by atoms with Crippen molar-refractivity contribution in [3.05, 3.63) is 53.3 Å². The number of likely N-dealkylation sites (N-methyl/N-ethyl adjacent to an activating group) is 1. The molecule has 7 heteroatoms. The van der Waals surface area contributed by atoms with E-state index in [0.717, 1.165) is 44.4 Å². The summed E-state index contributed by atoms with van der Waals surface area (Å²) in [4.78, 5) is 17.2. The lowest BCUT2D eigenvalue weighted by Crippen LogP contribution is -2.43. The smallest absolute Gasteiger partial charge is 0.258 e. The summed E-state index contributed by atoms with van der Waals surface area (Å²) in [5, 5.41) is 2.75. The van der Waals surface area contributed by atoms with Crippen LogP contribution in [0.4, 0.5) is 15.8 Å². The molecule has 1 saturated heterocycles. The number of nitrogens with zero attached hydrogens (tertiary/aromatic N) is 2. The first-order valence-electron chi connectivity index (χ1n) is 8.90. The molecular weight excluding hydrogens is 347 g/mol. The Morgan fingerprint density at radius 1 is 1.22 bits per heavy atom. The second kappa shape index (κ2) is 8.37. The third-order valence-corrected chi connectivity index (χ3v) is 4.75. The number of hydrogen-bond donors (Lipinski definition) is 2. The highest BCUT2D eigenvalue weighted by molar-refractivity contribution is 6.05. The van der Waals surface area contributed by atoms with Gasteiger partial charge in [0.15, 0.2) is 0 Å². The number of ether oxygens (including phenoxy) is 1. The molecule has 144 valence electrons. The van der Waals surface area contributed by atoms with Gasteiger partial charge in [0.25, 0.3) is 5.91 Å². The number of halogens is 1. The fourth-order valence-electron chi connectivity index (χ4n) is 3.13. The first-order valence-corrected chi connectivity index (χ1v) is 8.90. The maximum absolute atomic E-state index is 14.1. The third kappa shape index (κ3) is 4.75. The number of nitrogens with two attached hydrogens (primary N) is 1. The van der Waals surface area contributed by atoms with E-state index in [1.165, 1.54) is 13.2 Å². The Kier molecular flexibility index (Phi) is 5.93. The average molecular weight is 372 g/mol. The highest BCUT2D eigenvalue weighted by Gasteiger charge is 2.17. The standard InChI is InChI=1S/C20H25FN4O2/c1-24-6-8-25(9-7-24)13-14-4-3-5-15(10-14)23-20(26)16-11-19(27-2)18(22)12-17(16)21/h3-5,10-12H,6-9,13,22H2,1-2H3,(H,23,26). The summed E-state index contributed by atoms with van der Waals surface area (Å²) in [7, 11) is 3.55. The fourth-order valence-corrected chi connectivity index (χ4v) is 3.13. The fraction of sp³-hybridized carbons (Fsp3) is 0.350. The number of carbonyl (C=O) groups is 1. The van der Waals surface area contributed by atoms with Crippen LogP contribution in [0.3, 0.4) is 0 Å². The van der Waals surface area contributed by atoms with Crippen molar-refractivity contribution in [2.75, 3.05) is 51.4 Å². The van der Waals surface area contributed by atoms with Gasteiger partial charge in [-0.1, -0.05) is 12.1 Å². The summed E-state index contributed by atoms with van der Waals surface area (Å²) in [6, 6.07) is 10.0. The normalized spacial score (nSPS) is 15.5. The van der Waals surface area contributed by atoms with Crippen molar-refractivity contribution in [1.82, 2.24) is 9.80 Å². The van der Waals surface area contributed by atoms with Gasteiger partial charge in [-0.25, -0.2) is 4.39 Å². The average Bonchev–Trinajstić information content (AvgIpc) is 2.64. The molecule has 2 aromatic carbocycles. The molecular formula is C20H25FN4O2. The lowest BCUT2D eigenvalue weighted by molar-refractivity contribution is 0.102. The van der Waals surface area contributed by atoms with E-state index in [-0.39, 0.29) is 17.0 Å². The molecule has 0 saturated carbocycles. The van der Waals surface area contributed by atoms with Gasteiger partial charge in [0.05, 0.1) is 18.4 Å². The predicted molar refractivity (Wildman–Crippen MR) is 105 cm³/mol. The summed E-state index contributed by atoms with van der Waals surface area (Å²) in [5.74, 6) is -0.952. The molecule has 0 radical (unpaired) electrons. The number of benzene rings is 2. The minimum Gasteiger partial charge on any atom is -0.495 e. The van der Waals surface area contributed by atoms with Crippen LogP contribution in [-0.2, 0) is 6.54 Å². The van der Waals surface area contributed by atoms with Gasteiger partial charge in [-0.15, -0.1) is 0 Å². The molecule has 0 aromatic heterocycles. The number of nitrogen functional groups attached to an aromatic ring is 1. The summed E-state index contributed by atoms with van der Waals surface area (Å²) >= 11 is 0. The monoisotopic (exact) mass is 372 g/mol. The quantitative estimate of drug-likeness (QED) is 0.789.